The van der Waals surface area contributed by atoms with Crippen molar-refractivity contribution in [3.63, 3.8) is 0 Å². The number of anilines is 1. The molecule has 0 aliphatic carbocycles. The first-order valence-corrected chi connectivity index (χ1v) is 8.78. The number of fused-ring (bicyclic) bond motifs is 4. The van der Waals surface area contributed by atoms with Crippen LogP contribution < -0.4 is 9.64 Å². The van der Waals surface area contributed by atoms with Crippen LogP contribution in [-0.4, -0.2) is 24.1 Å². The number of rotatable bonds is 0. The molecule has 0 saturated heterocycles. The Morgan fingerprint density at radius 1 is 1.04 bits per heavy atom. The zero-order valence-corrected chi connectivity index (χ0v) is 15.0. The van der Waals surface area contributed by atoms with Crippen LogP contribution in [0.3, 0.4) is 0 Å². The number of aromatic hydroxyl groups is 1. The van der Waals surface area contributed by atoms with Crippen molar-refractivity contribution < 1.29 is 9.84 Å². The van der Waals surface area contributed by atoms with Gasteiger partial charge >= 0.3 is 0 Å². The minimum atomic E-state index is -0.750. The van der Waals surface area contributed by atoms with Gasteiger partial charge in [-0.3, -0.25) is 0 Å². The molecule has 0 bridgehead atoms. The lowest BCUT2D eigenvalue weighted by Crippen LogP contribution is -2.61. The van der Waals surface area contributed by atoms with Crippen molar-refractivity contribution in [3.05, 3.63) is 60.2 Å². The maximum Gasteiger partial charge on any atom is 0.228 e. The number of nitrogens with zero attached hydrogens (tertiary/aromatic N) is 2. The second-order valence-corrected chi connectivity index (χ2v) is 7.55. The van der Waals surface area contributed by atoms with Crippen LogP contribution in [0.2, 0.25) is 0 Å². The molecule has 4 heteroatoms. The Morgan fingerprint density at radius 3 is 2.58 bits per heavy atom. The number of phenols is 1. The molecule has 4 nitrogen and oxygen atoms in total. The maximum atomic E-state index is 10.4. The fourth-order valence-corrected chi connectivity index (χ4v) is 4.38. The maximum absolute atomic E-state index is 10.4. The predicted octanol–water partition coefficient (Wildman–Crippen LogP) is 4.76. The summed E-state index contributed by atoms with van der Waals surface area (Å²) in [5.41, 5.74) is 1.79. The lowest BCUT2D eigenvalue weighted by molar-refractivity contribution is 0.0839. The second kappa shape index (κ2) is 4.79. The summed E-state index contributed by atoms with van der Waals surface area (Å²) in [5.74, 6) is 0.775. The molecule has 0 aromatic heterocycles. The van der Waals surface area contributed by atoms with Gasteiger partial charge in [-0.15, -0.1) is 0 Å². The molecule has 5 rings (SSSR count). The van der Waals surface area contributed by atoms with Gasteiger partial charge in [-0.05, 0) is 36.9 Å². The van der Waals surface area contributed by atoms with Crippen molar-refractivity contribution in [2.24, 2.45) is 4.99 Å². The van der Waals surface area contributed by atoms with Crippen molar-refractivity contribution in [1.82, 2.24) is 0 Å². The zero-order valence-electron chi connectivity index (χ0n) is 15.0. The topological polar surface area (TPSA) is 45.1 Å². The van der Waals surface area contributed by atoms with Gasteiger partial charge in [0.25, 0.3) is 0 Å². The van der Waals surface area contributed by atoms with E-state index < -0.39 is 5.72 Å². The van der Waals surface area contributed by atoms with Gasteiger partial charge in [-0.25, -0.2) is 4.99 Å². The summed E-state index contributed by atoms with van der Waals surface area (Å²) in [6.07, 6.45) is 1.84. The quantitative estimate of drug-likeness (QED) is 0.639. The summed E-state index contributed by atoms with van der Waals surface area (Å²) in [5, 5.41) is 12.3. The predicted molar refractivity (Wildman–Crippen MR) is 105 cm³/mol. The lowest BCUT2D eigenvalue weighted by Gasteiger charge is -2.45. The van der Waals surface area contributed by atoms with Gasteiger partial charge in [0.2, 0.25) is 5.72 Å². The monoisotopic (exact) mass is 344 g/mol. The van der Waals surface area contributed by atoms with Crippen LogP contribution in [0.15, 0.2) is 59.6 Å². The lowest BCUT2D eigenvalue weighted by atomic mass is 9.77. The third kappa shape index (κ3) is 1.66. The Bertz CT molecular complexity index is 1090. The molecule has 1 unspecified atom stereocenters. The van der Waals surface area contributed by atoms with E-state index in [-0.39, 0.29) is 11.2 Å². The normalized spacial score (nSPS) is 22.3. The summed E-state index contributed by atoms with van der Waals surface area (Å²) in [4.78, 5) is 6.81. The first-order valence-electron chi connectivity index (χ1n) is 8.78. The van der Waals surface area contributed by atoms with Crippen LogP contribution in [0, 0.1) is 0 Å². The molecule has 0 fully saturated rings. The van der Waals surface area contributed by atoms with Gasteiger partial charge in [-0.1, -0.05) is 42.5 Å². The van der Waals surface area contributed by atoms with Crippen LogP contribution in [0.4, 0.5) is 11.4 Å². The number of benzene rings is 3. The summed E-state index contributed by atoms with van der Waals surface area (Å²) in [6.45, 7) is 4.36. The van der Waals surface area contributed by atoms with Crippen molar-refractivity contribution in [2.45, 2.75) is 25.0 Å². The molecule has 2 aliphatic rings. The molecule has 0 amide bonds. The van der Waals surface area contributed by atoms with E-state index in [0.29, 0.717) is 11.4 Å². The van der Waals surface area contributed by atoms with Gasteiger partial charge in [0.05, 0.1) is 11.6 Å². The highest BCUT2D eigenvalue weighted by atomic mass is 16.5. The van der Waals surface area contributed by atoms with E-state index in [2.05, 4.69) is 41.9 Å². The number of phenolic OH excluding ortho intramolecular Hbond substituents is 1. The highest BCUT2D eigenvalue weighted by Gasteiger charge is 2.58. The standard InChI is InChI=1S/C22H20N2O2/c1-21(2)16-10-6-7-11-17(16)24(3)22(21)13-23-19-18(25)12-14-8-4-5-9-15(14)20(19)26-22/h4-13,25H,1-3H3. The Labute approximate surface area is 152 Å². The first kappa shape index (κ1) is 15.3. The van der Waals surface area contributed by atoms with Crippen molar-refractivity contribution in [1.29, 1.82) is 0 Å². The highest BCUT2D eigenvalue weighted by molar-refractivity contribution is 5.99. The van der Waals surface area contributed by atoms with Crippen LogP contribution in [0.25, 0.3) is 10.8 Å². The Balaban J connectivity index is 1.78. The average Bonchev–Trinajstić information content (AvgIpc) is 2.81. The molecule has 3 aromatic carbocycles. The van der Waals surface area contributed by atoms with Gasteiger partial charge in [0.1, 0.15) is 11.4 Å². The largest absolute Gasteiger partial charge is 0.506 e. The minimum absolute atomic E-state index is 0.140. The van der Waals surface area contributed by atoms with Gasteiger partial charge < -0.3 is 14.7 Å². The number of para-hydroxylation sites is 1. The number of hydrogen-bond donors (Lipinski definition) is 1. The molecular weight excluding hydrogens is 324 g/mol. The molecular formula is C22H20N2O2. The first-order chi connectivity index (χ1) is 12.5. The van der Waals surface area contributed by atoms with E-state index in [0.717, 1.165) is 16.5 Å². The zero-order chi connectivity index (χ0) is 18.1. The highest BCUT2D eigenvalue weighted by Crippen LogP contribution is 2.55. The fraction of sp³-hybridized carbons (Fsp3) is 0.227. The van der Waals surface area contributed by atoms with Crippen LogP contribution in [-0.2, 0) is 5.41 Å². The van der Waals surface area contributed by atoms with Crippen LogP contribution >= 0.6 is 0 Å². The third-order valence-electron chi connectivity index (χ3n) is 5.91. The smallest absolute Gasteiger partial charge is 0.228 e. The van der Waals surface area contributed by atoms with E-state index in [1.165, 1.54) is 5.56 Å². The molecule has 3 aromatic rings. The number of aliphatic imine (C=N–C) groups is 1. The van der Waals surface area contributed by atoms with Gasteiger partial charge in [0.15, 0.2) is 5.75 Å². The molecule has 0 saturated carbocycles. The Kier molecular flexibility index (Phi) is 2.81. The number of hydrogen-bond acceptors (Lipinski definition) is 4. The van der Waals surface area contributed by atoms with Crippen molar-refractivity contribution in [3.8, 4) is 11.5 Å². The van der Waals surface area contributed by atoms with E-state index >= 15 is 0 Å². The summed E-state index contributed by atoms with van der Waals surface area (Å²) < 4.78 is 6.70. The molecule has 0 radical (unpaired) electrons. The van der Waals surface area contributed by atoms with Crippen molar-refractivity contribution >= 4 is 28.4 Å². The molecule has 2 aliphatic heterocycles. The van der Waals surface area contributed by atoms with E-state index in [1.54, 1.807) is 6.07 Å². The second-order valence-electron chi connectivity index (χ2n) is 7.55. The molecule has 26 heavy (non-hydrogen) atoms. The fourth-order valence-electron chi connectivity index (χ4n) is 4.38. The SMILES string of the molecule is CN1c2ccccc2C(C)(C)C12C=Nc1c(O)cc3ccccc3c1O2. The van der Waals surface area contributed by atoms with E-state index in [4.69, 9.17) is 4.74 Å². The van der Waals surface area contributed by atoms with E-state index in [1.807, 2.05) is 43.6 Å². The summed E-state index contributed by atoms with van der Waals surface area (Å²) in [6, 6.07) is 18.0. The van der Waals surface area contributed by atoms with Crippen molar-refractivity contribution in [2.75, 3.05) is 11.9 Å². The van der Waals surface area contributed by atoms with Crippen LogP contribution in [0.1, 0.15) is 19.4 Å². The number of ether oxygens (including phenoxy) is 1. The summed E-state index contributed by atoms with van der Waals surface area (Å²) >= 11 is 0. The Morgan fingerprint density at radius 2 is 1.77 bits per heavy atom. The van der Waals surface area contributed by atoms with Gasteiger partial charge in [-0.2, -0.15) is 0 Å². The van der Waals surface area contributed by atoms with Crippen LogP contribution in [0.5, 0.6) is 11.5 Å². The molecule has 1 atom stereocenters. The molecule has 130 valence electrons. The minimum Gasteiger partial charge on any atom is -0.506 e. The van der Waals surface area contributed by atoms with E-state index in [9.17, 15) is 5.11 Å². The van der Waals surface area contributed by atoms with Gasteiger partial charge in [0, 0.05) is 18.1 Å². The third-order valence-corrected chi connectivity index (χ3v) is 5.91. The molecule has 1 N–H and O–H groups in total. The number of likely N-dealkylation sites (N-methyl/N-ethyl adjacent to an activating group) is 1. The Hall–Kier alpha value is -3.01. The molecule has 2 heterocycles. The summed E-state index contributed by atoms with van der Waals surface area (Å²) in [7, 11) is 2.04. The average molecular weight is 344 g/mol. The molecule has 1 spiro atoms.